The molecule has 34 heavy (non-hydrogen) atoms. The lowest BCUT2D eigenvalue weighted by Gasteiger charge is -2.43. The average molecular weight is 489 g/mol. The molecule has 2 saturated heterocycles. The summed E-state index contributed by atoms with van der Waals surface area (Å²) >= 11 is 1.34. The van der Waals surface area contributed by atoms with Crippen molar-refractivity contribution in [2.24, 2.45) is 5.92 Å². The fraction of sp³-hybridized carbons (Fsp3) is 0.417. The van der Waals surface area contributed by atoms with E-state index in [0.717, 1.165) is 18.5 Å². The molecule has 0 radical (unpaired) electrons. The average Bonchev–Trinajstić information content (AvgIpc) is 2.84. The number of rotatable bonds is 8. The van der Waals surface area contributed by atoms with Crippen molar-refractivity contribution in [1.29, 1.82) is 0 Å². The molecule has 182 valence electrons. The molecule has 0 bridgehead atoms. The minimum Gasteiger partial charge on any atom is -0.497 e. The Bertz CT molecular complexity index is 1000. The molecule has 2 aliphatic rings. The van der Waals surface area contributed by atoms with Crippen molar-refractivity contribution in [2.45, 2.75) is 24.5 Å². The Hall–Kier alpha value is -2.82. The number of piperidine rings is 1. The third-order valence-corrected chi connectivity index (χ3v) is 7.02. The van der Waals surface area contributed by atoms with Gasteiger partial charge in [-0.05, 0) is 24.1 Å². The van der Waals surface area contributed by atoms with E-state index in [9.17, 15) is 14.0 Å². The van der Waals surface area contributed by atoms with Gasteiger partial charge in [0.25, 0.3) is 0 Å². The van der Waals surface area contributed by atoms with Crippen LogP contribution in [0.15, 0.2) is 42.5 Å². The van der Waals surface area contributed by atoms with Crippen LogP contribution in [0, 0.1) is 11.7 Å². The number of methoxy groups -OCH3 is 2. The van der Waals surface area contributed by atoms with E-state index in [2.05, 4.69) is 20.9 Å². The predicted molar refractivity (Wildman–Crippen MR) is 129 cm³/mol. The van der Waals surface area contributed by atoms with Gasteiger partial charge in [0.1, 0.15) is 22.8 Å². The molecule has 0 aliphatic carbocycles. The zero-order valence-electron chi connectivity index (χ0n) is 19.2. The first-order valence-electron chi connectivity index (χ1n) is 11.1. The van der Waals surface area contributed by atoms with E-state index in [1.165, 1.54) is 23.9 Å². The van der Waals surface area contributed by atoms with Gasteiger partial charge < -0.3 is 20.1 Å². The van der Waals surface area contributed by atoms with Gasteiger partial charge >= 0.3 is 0 Å². The topological polar surface area (TPSA) is 91.9 Å². The predicted octanol–water partition coefficient (Wildman–Crippen LogP) is 2.41. The van der Waals surface area contributed by atoms with Crippen LogP contribution in [0.2, 0.25) is 0 Å². The van der Waals surface area contributed by atoms with E-state index in [1.807, 2.05) is 0 Å². The number of carbonyl (C=O) groups excluding carboxylic acids is 2. The summed E-state index contributed by atoms with van der Waals surface area (Å²) < 4.78 is 23.6. The summed E-state index contributed by atoms with van der Waals surface area (Å²) in [6.07, 6.45) is 0.826. The first-order valence-corrected chi connectivity index (χ1v) is 12.2. The molecule has 0 spiro atoms. The van der Waals surface area contributed by atoms with Gasteiger partial charge in [0.05, 0.1) is 25.9 Å². The van der Waals surface area contributed by atoms with Gasteiger partial charge in [0, 0.05) is 49.6 Å². The van der Waals surface area contributed by atoms with Gasteiger partial charge in [0.2, 0.25) is 11.8 Å². The highest BCUT2D eigenvalue weighted by Crippen LogP contribution is 2.27. The second-order valence-electron chi connectivity index (χ2n) is 8.38. The Morgan fingerprint density at radius 1 is 1.18 bits per heavy atom. The van der Waals surface area contributed by atoms with Crippen LogP contribution >= 0.6 is 11.8 Å². The van der Waals surface area contributed by atoms with Crippen LogP contribution in [0.4, 0.5) is 10.1 Å². The van der Waals surface area contributed by atoms with E-state index < -0.39 is 0 Å². The van der Waals surface area contributed by atoms with Crippen LogP contribution in [0.1, 0.15) is 12.0 Å². The van der Waals surface area contributed by atoms with Crippen LogP contribution in [0.25, 0.3) is 0 Å². The van der Waals surface area contributed by atoms with Crippen molar-refractivity contribution >= 4 is 29.3 Å². The molecule has 0 aromatic heterocycles. The van der Waals surface area contributed by atoms with E-state index in [0.29, 0.717) is 30.3 Å². The highest BCUT2D eigenvalue weighted by Gasteiger charge is 2.40. The van der Waals surface area contributed by atoms with Gasteiger partial charge in [-0.3, -0.25) is 19.8 Å². The number of halogens is 1. The molecule has 4 rings (SSSR count). The summed E-state index contributed by atoms with van der Waals surface area (Å²) in [6.45, 7) is 2.16. The number of ether oxygens (including phenoxy) is 2. The number of nitrogens with zero attached hydrogens (tertiary/aromatic N) is 1. The van der Waals surface area contributed by atoms with Crippen molar-refractivity contribution < 1.29 is 23.5 Å². The Morgan fingerprint density at radius 3 is 2.56 bits per heavy atom. The summed E-state index contributed by atoms with van der Waals surface area (Å²) in [5.74, 6) is 0.727. The van der Waals surface area contributed by atoms with E-state index in [1.54, 1.807) is 44.6 Å². The summed E-state index contributed by atoms with van der Waals surface area (Å²) in [5.41, 5.74) is 1.27. The maximum atomic E-state index is 13.1. The standard InChI is InChI=1S/C24H29FN4O4S/c1-32-18-9-17(10-19(11-18)33-2)26-22(30)14-34-24-27-21-7-8-29(13-20(21)23(31)28-24)12-15-3-5-16(25)6-4-15/h3-6,9-11,20-21,24,27H,7-8,12-14H2,1-2H3,(H,26,30)(H,28,31). The molecule has 2 aliphatic heterocycles. The molecule has 8 nitrogen and oxygen atoms in total. The number of anilines is 1. The third kappa shape index (κ3) is 6.19. The molecule has 2 heterocycles. The number of carbonyl (C=O) groups is 2. The zero-order valence-corrected chi connectivity index (χ0v) is 20.0. The number of benzene rings is 2. The molecule has 2 aromatic rings. The smallest absolute Gasteiger partial charge is 0.234 e. The number of thioether (sulfide) groups is 1. The summed E-state index contributed by atoms with van der Waals surface area (Å²) in [6, 6.07) is 11.7. The molecule has 2 aromatic carbocycles. The van der Waals surface area contributed by atoms with Crippen molar-refractivity contribution in [3.05, 3.63) is 53.8 Å². The second-order valence-corrected chi connectivity index (χ2v) is 9.47. The lowest BCUT2D eigenvalue weighted by molar-refractivity contribution is -0.130. The molecule has 10 heteroatoms. The minimum atomic E-state index is -0.331. The van der Waals surface area contributed by atoms with Crippen LogP contribution in [-0.4, -0.2) is 61.3 Å². The van der Waals surface area contributed by atoms with Crippen molar-refractivity contribution in [3.8, 4) is 11.5 Å². The van der Waals surface area contributed by atoms with Crippen molar-refractivity contribution in [1.82, 2.24) is 15.5 Å². The van der Waals surface area contributed by atoms with Gasteiger partial charge in [0.15, 0.2) is 0 Å². The van der Waals surface area contributed by atoms with Crippen LogP contribution in [-0.2, 0) is 16.1 Å². The highest BCUT2D eigenvalue weighted by atomic mass is 32.2. The van der Waals surface area contributed by atoms with Crippen LogP contribution < -0.4 is 25.4 Å². The minimum absolute atomic E-state index is 0.0111. The largest absolute Gasteiger partial charge is 0.497 e. The first-order chi connectivity index (χ1) is 16.4. The Morgan fingerprint density at radius 2 is 1.88 bits per heavy atom. The maximum absolute atomic E-state index is 13.1. The third-order valence-electron chi connectivity index (χ3n) is 6.01. The number of hydrogen-bond donors (Lipinski definition) is 3. The Labute approximate surface area is 202 Å². The van der Waals surface area contributed by atoms with Crippen LogP contribution in [0.3, 0.4) is 0 Å². The van der Waals surface area contributed by atoms with E-state index in [-0.39, 0.29) is 40.8 Å². The summed E-state index contributed by atoms with van der Waals surface area (Å²) in [7, 11) is 3.10. The number of hydrogen-bond acceptors (Lipinski definition) is 7. The zero-order chi connectivity index (χ0) is 24.1. The molecule has 0 saturated carbocycles. The highest BCUT2D eigenvalue weighted by molar-refractivity contribution is 8.00. The number of fused-ring (bicyclic) bond motifs is 1. The van der Waals surface area contributed by atoms with Gasteiger partial charge in [-0.2, -0.15) is 0 Å². The normalized spacial score (nSPS) is 22.4. The Kier molecular flexibility index (Phi) is 7.91. The molecule has 2 amide bonds. The van der Waals surface area contributed by atoms with Gasteiger partial charge in [-0.15, -0.1) is 11.8 Å². The maximum Gasteiger partial charge on any atom is 0.234 e. The first kappa shape index (κ1) is 24.3. The second kappa shape index (κ2) is 11.1. The quantitative estimate of drug-likeness (QED) is 0.526. The number of likely N-dealkylation sites (tertiary alicyclic amines) is 1. The molecule has 3 unspecified atom stereocenters. The fourth-order valence-corrected chi connectivity index (χ4v) is 5.13. The van der Waals surface area contributed by atoms with Crippen molar-refractivity contribution in [2.75, 3.05) is 38.4 Å². The summed E-state index contributed by atoms with van der Waals surface area (Å²) in [5, 5.41) is 9.29. The Balaban J connectivity index is 1.26. The molecular weight excluding hydrogens is 459 g/mol. The van der Waals surface area contributed by atoms with E-state index in [4.69, 9.17) is 9.47 Å². The monoisotopic (exact) mass is 488 g/mol. The SMILES string of the molecule is COc1cc(NC(=O)CSC2NC(=O)C3CN(Cc4ccc(F)cc4)CCC3N2)cc(OC)c1. The van der Waals surface area contributed by atoms with Gasteiger partial charge in [-0.25, -0.2) is 4.39 Å². The molecule has 2 fully saturated rings. The lowest BCUT2D eigenvalue weighted by Crippen LogP contribution is -2.64. The van der Waals surface area contributed by atoms with Crippen LogP contribution in [0.5, 0.6) is 11.5 Å². The van der Waals surface area contributed by atoms with Gasteiger partial charge in [-0.1, -0.05) is 12.1 Å². The molecule has 3 N–H and O–H groups in total. The number of amides is 2. The summed E-state index contributed by atoms with van der Waals surface area (Å²) in [4.78, 5) is 27.5. The van der Waals surface area contributed by atoms with E-state index >= 15 is 0 Å². The molecular formula is C24H29FN4O4S. The molecule has 3 atom stereocenters. The lowest BCUT2D eigenvalue weighted by atomic mass is 9.89. The number of nitrogens with one attached hydrogen (secondary N) is 3. The fourth-order valence-electron chi connectivity index (χ4n) is 4.27. The van der Waals surface area contributed by atoms with Crippen molar-refractivity contribution in [3.63, 3.8) is 0 Å².